The van der Waals surface area contributed by atoms with Crippen LogP contribution in [0.25, 0.3) is 5.52 Å². The van der Waals surface area contributed by atoms with Gasteiger partial charge in [-0.2, -0.15) is 5.10 Å². The van der Waals surface area contributed by atoms with Gasteiger partial charge in [-0.05, 0) is 19.1 Å². The van der Waals surface area contributed by atoms with Gasteiger partial charge in [-0.1, -0.05) is 0 Å². The lowest BCUT2D eigenvalue weighted by Gasteiger charge is -1.97. The summed E-state index contributed by atoms with van der Waals surface area (Å²) < 4.78 is 1.73. The molecule has 0 bridgehead atoms. The van der Waals surface area contributed by atoms with E-state index in [1.54, 1.807) is 17.6 Å². The average Bonchev–Trinajstić information content (AvgIpc) is 2.48. The summed E-state index contributed by atoms with van der Waals surface area (Å²) in [7, 11) is 0. The van der Waals surface area contributed by atoms with Crippen LogP contribution in [0.2, 0.25) is 0 Å². The fourth-order valence-electron chi connectivity index (χ4n) is 1.31. The van der Waals surface area contributed by atoms with E-state index in [1.165, 1.54) is 6.33 Å². The number of hydrogen-bond acceptors (Lipinski definition) is 3. The van der Waals surface area contributed by atoms with Crippen molar-refractivity contribution in [3.63, 3.8) is 0 Å². The SMILES string of the molecule is CC(=O)Cc1ccc2cncnn12. The number of fused-ring (bicyclic) bond motifs is 1. The molecule has 0 fully saturated rings. The Morgan fingerprint density at radius 1 is 1.54 bits per heavy atom. The van der Waals surface area contributed by atoms with Crippen molar-refractivity contribution in [3.8, 4) is 0 Å². The molecule has 0 aliphatic rings. The first-order valence-corrected chi connectivity index (χ1v) is 4.03. The Kier molecular flexibility index (Phi) is 1.81. The molecule has 0 aromatic carbocycles. The summed E-state index contributed by atoms with van der Waals surface area (Å²) in [5.41, 5.74) is 1.82. The molecule has 0 aliphatic carbocycles. The minimum atomic E-state index is 0.138. The molecular formula is C9H9N3O. The smallest absolute Gasteiger partial charge is 0.136 e. The maximum Gasteiger partial charge on any atom is 0.136 e. The standard InChI is InChI=1S/C9H9N3O/c1-7(13)4-8-2-3-9-5-10-6-11-12(8)9/h2-3,5-6H,4H2,1H3. The van der Waals surface area contributed by atoms with E-state index in [0.29, 0.717) is 6.42 Å². The number of rotatable bonds is 2. The van der Waals surface area contributed by atoms with Crippen molar-refractivity contribution < 1.29 is 4.79 Å². The number of carbonyl (C=O) groups excluding carboxylic acids is 1. The van der Waals surface area contributed by atoms with Crippen LogP contribution in [0.3, 0.4) is 0 Å². The summed E-state index contributed by atoms with van der Waals surface area (Å²) in [5.74, 6) is 0.138. The summed E-state index contributed by atoms with van der Waals surface area (Å²) >= 11 is 0. The van der Waals surface area contributed by atoms with Crippen molar-refractivity contribution in [1.82, 2.24) is 14.6 Å². The molecule has 0 N–H and O–H groups in total. The Bertz CT molecular complexity index is 447. The van der Waals surface area contributed by atoms with Gasteiger partial charge in [0, 0.05) is 6.42 Å². The molecule has 0 saturated heterocycles. The second-order valence-corrected chi connectivity index (χ2v) is 2.95. The van der Waals surface area contributed by atoms with E-state index in [4.69, 9.17) is 0 Å². The van der Waals surface area contributed by atoms with Crippen LogP contribution in [0.15, 0.2) is 24.7 Å². The number of carbonyl (C=O) groups is 1. The summed E-state index contributed by atoms with van der Waals surface area (Å²) in [5, 5.41) is 4.05. The van der Waals surface area contributed by atoms with Crippen LogP contribution in [-0.2, 0) is 11.2 Å². The quantitative estimate of drug-likeness (QED) is 0.680. The third kappa shape index (κ3) is 1.42. The van der Waals surface area contributed by atoms with Gasteiger partial charge < -0.3 is 0 Å². The maximum atomic E-state index is 10.9. The molecule has 0 unspecified atom stereocenters. The van der Waals surface area contributed by atoms with Crippen LogP contribution in [0, 0.1) is 0 Å². The molecule has 0 aliphatic heterocycles. The molecule has 0 spiro atoms. The van der Waals surface area contributed by atoms with E-state index >= 15 is 0 Å². The molecule has 4 nitrogen and oxygen atoms in total. The third-order valence-electron chi connectivity index (χ3n) is 1.83. The van der Waals surface area contributed by atoms with E-state index in [9.17, 15) is 4.79 Å². The summed E-state index contributed by atoms with van der Waals surface area (Å²) in [6, 6.07) is 3.80. The van der Waals surface area contributed by atoms with Crippen molar-refractivity contribution >= 4 is 11.3 Å². The number of aromatic nitrogens is 3. The van der Waals surface area contributed by atoms with Crippen LogP contribution >= 0.6 is 0 Å². The summed E-state index contributed by atoms with van der Waals surface area (Å²) in [4.78, 5) is 14.8. The second-order valence-electron chi connectivity index (χ2n) is 2.95. The molecule has 0 amide bonds. The van der Waals surface area contributed by atoms with Crippen LogP contribution < -0.4 is 0 Å². The summed E-state index contributed by atoms with van der Waals surface area (Å²) in [6.07, 6.45) is 3.61. The highest BCUT2D eigenvalue weighted by atomic mass is 16.1. The lowest BCUT2D eigenvalue weighted by molar-refractivity contribution is -0.116. The van der Waals surface area contributed by atoms with Crippen LogP contribution in [0.5, 0.6) is 0 Å². The zero-order chi connectivity index (χ0) is 9.26. The Balaban J connectivity index is 2.51. The van der Waals surface area contributed by atoms with Gasteiger partial charge in [-0.15, -0.1) is 0 Å². The van der Waals surface area contributed by atoms with Crippen LogP contribution in [0.1, 0.15) is 12.6 Å². The van der Waals surface area contributed by atoms with Gasteiger partial charge in [0.25, 0.3) is 0 Å². The lowest BCUT2D eigenvalue weighted by Crippen LogP contribution is -2.02. The molecule has 0 saturated carbocycles. The second kappa shape index (κ2) is 2.97. The topological polar surface area (TPSA) is 47.3 Å². The summed E-state index contributed by atoms with van der Waals surface area (Å²) in [6.45, 7) is 1.57. The first kappa shape index (κ1) is 7.91. The largest absolute Gasteiger partial charge is 0.300 e. The van der Waals surface area contributed by atoms with E-state index in [0.717, 1.165) is 11.2 Å². The first-order valence-electron chi connectivity index (χ1n) is 4.03. The van der Waals surface area contributed by atoms with Crippen molar-refractivity contribution in [1.29, 1.82) is 0 Å². The zero-order valence-electron chi connectivity index (χ0n) is 7.27. The normalized spacial score (nSPS) is 10.5. The minimum Gasteiger partial charge on any atom is -0.300 e. The Morgan fingerprint density at radius 2 is 2.38 bits per heavy atom. The highest BCUT2D eigenvalue weighted by Crippen LogP contribution is 2.07. The molecule has 13 heavy (non-hydrogen) atoms. The molecule has 2 aromatic heterocycles. The van der Waals surface area contributed by atoms with Gasteiger partial charge in [0.05, 0.1) is 17.4 Å². The molecule has 2 heterocycles. The van der Waals surface area contributed by atoms with E-state index in [-0.39, 0.29) is 5.78 Å². The number of hydrogen-bond donors (Lipinski definition) is 0. The Hall–Kier alpha value is -1.71. The Morgan fingerprint density at radius 3 is 3.15 bits per heavy atom. The van der Waals surface area contributed by atoms with Crippen LogP contribution in [-0.4, -0.2) is 20.4 Å². The molecule has 0 radical (unpaired) electrons. The van der Waals surface area contributed by atoms with E-state index in [2.05, 4.69) is 10.1 Å². The number of Topliss-reactive ketones (excluding diaryl/α,β-unsaturated/α-hetero) is 1. The predicted octanol–water partition coefficient (Wildman–Crippen LogP) is 0.861. The zero-order valence-corrected chi connectivity index (χ0v) is 7.27. The molecule has 66 valence electrons. The molecule has 4 heteroatoms. The first-order chi connectivity index (χ1) is 6.27. The van der Waals surface area contributed by atoms with Crippen molar-refractivity contribution in [2.75, 3.05) is 0 Å². The maximum absolute atomic E-state index is 10.9. The van der Waals surface area contributed by atoms with Gasteiger partial charge in [0.2, 0.25) is 0 Å². The third-order valence-corrected chi connectivity index (χ3v) is 1.83. The van der Waals surface area contributed by atoms with Gasteiger partial charge >= 0.3 is 0 Å². The molecule has 0 atom stereocenters. The van der Waals surface area contributed by atoms with Crippen molar-refractivity contribution in [2.45, 2.75) is 13.3 Å². The van der Waals surface area contributed by atoms with E-state index in [1.807, 2.05) is 12.1 Å². The minimum absolute atomic E-state index is 0.138. The monoisotopic (exact) mass is 175 g/mol. The molecule has 2 aromatic rings. The van der Waals surface area contributed by atoms with Crippen molar-refractivity contribution in [3.05, 3.63) is 30.4 Å². The van der Waals surface area contributed by atoms with Gasteiger partial charge in [-0.25, -0.2) is 9.50 Å². The fraction of sp³-hybridized carbons (Fsp3) is 0.222. The predicted molar refractivity (Wildman–Crippen MR) is 47.4 cm³/mol. The van der Waals surface area contributed by atoms with Gasteiger partial charge in [0.15, 0.2) is 0 Å². The molecular weight excluding hydrogens is 166 g/mol. The number of nitrogens with zero attached hydrogens (tertiary/aromatic N) is 3. The Labute approximate surface area is 75.2 Å². The molecule has 2 rings (SSSR count). The van der Waals surface area contributed by atoms with Crippen LogP contribution in [0.4, 0.5) is 0 Å². The van der Waals surface area contributed by atoms with Gasteiger partial charge in [-0.3, -0.25) is 4.79 Å². The highest BCUT2D eigenvalue weighted by Gasteiger charge is 2.03. The highest BCUT2D eigenvalue weighted by molar-refractivity contribution is 5.78. The van der Waals surface area contributed by atoms with Crippen molar-refractivity contribution in [2.24, 2.45) is 0 Å². The van der Waals surface area contributed by atoms with E-state index < -0.39 is 0 Å². The van der Waals surface area contributed by atoms with Gasteiger partial charge in [0.1, 0.15) is 12.1 Å². The average molecular weight is 175 g/mol. The number of ketones is 1. The fourth-order valence-corrected chi connectivity index (χ4v) is 1.31. The lowest BCUT2D eigenvalue weighted by atomic mass is 10.2.